The Labute approximate surface area is 150 Å². The van der Waals surface area contributed by atoms with E-state index in [2.05, 4.69) is 0 Å². The number of aromatic nitrogens is 2. The van der Waals surface area contributed by atoms with Crippen molar-refractivity contribution in [2.45, 2.75) is 11.4 Å². The summed E-state index contributed by atoms with van der Waals surface area (Å²) < 4.78 is 29.3. The fraction of sp³-hybridized carbons (Fsp3) is 0.222. The third-order valence-electron chi connectivity index (χ3n) is 4.39. The zero-order valence-electron chi connectivity index (χ0n) is 14.7. The molecule has 0 atom stereocenters. The Morgan fingerprint density at radius 3 is 2.27 bits per heavy atom. The molecule has 0 unspecified atom stereocenters. The summed E-state index contributed by atoms with van der Waals surface area (Å²) in [6, 6.07) is 13.5. The second-order valence-corrected chi connectivity index (χ2v) is 8.18. The standard InChI is InChI=1S/C18H19N3O4S/c1-19(12-13-7-5-4-6-8-13)26(24,25)14-9-10-16-15(11-14)17(22)21(3)18(23)20(16)2/h4-11H,12H2,1-3H3. The van der Waals surface area contributed by atoms with E-state index in [1.165, 1.54) is 41.2 Å². The summed E-state index contributed by atoms with van der Waals surface area (Å²) >= 11 is 0. The minimum Gasteiger partial charge on any atom is -0.296 e. The Hall–Kier alpha value is -2.71. The number of fused-ring (bicyclic) bond motifs is 1. The van der Waals surface area contributed by atoms with Gasteiger partial charge in [0.2, 0.25) is 10.0 Å². The maximum absolute atomic E-state index is 12.9. The summed E-state index contributed by atoms with van der Waals surface area (Å²) in [5.74, 6) is 0. The van der Waals surface area contributed by atoms with Gasteiger partial charge >= 0.3 is 5.69 Å². The molecule has 26 heavy (non-hydrogen) atoms. The van der Waals surface area contributed by atoms with Crippen LogP contribution in [0.2, 0.25) is 0 Å². The first-order valence-corrected chi connectivity index (χ1v) is 9.37. The lowest BCUT2D eigenvalue weighted by molar-refractivity contribution is 0.467. The summed E-state index contributed by atoms with van der Waals surface area (Å²) in [4.78, 5) is 24.4. The monoisotopic (exact) mass is 373 g/mol. The molecule has 0 spiro atoms. The zero-order chi connectivity index (χ0) is 19.1. The molecule has 0 radical (unpaired) electrons. The number of hydrogen-bond acceptors (Lipinski definition) is 4. The van der Waals surface area contributed by atoms with Gasteiger partial charge < -0.3 is 0 Å². The predicted octanol–water partition coefficient (Wildman–Crippen LogP) is 1.06. The minimum absolute atomic E-state index is 0.0131. The van der Waals surface area contributed by atoms with Gasteiger partial charge in [0.05, 0.1) is 15.8 Å². The van der Waals surface area contributed by atoms with Gasteiger partial charge in [0, 0.05) is 27.7 Å². The highest BCUT2D eigenvalue weighted by Crippen LogP contribution is 2.20. The first kappa shape index (κ1) is 18.1. The van der Waals surface area contributed by atoms with Crippen LogP contribution in [0.1, 0.15) is 5.56 Å². The van der Waals surface area contributed by atoms with Crippen molar-refractivity contribution in [1.29, 1.82) is 0 Å². The van der Waals surface area contributed by atoms with Gasteiger partial charge in [0.1, 0.15) is 0 Å². The largest absolute Gasteiger partial charge is 0.330 e. The summed E-state index contributed by atoms with van der Waals surface area (Å²) in [5.41, 5.74) is 0.269. The van der Waals surface area contributed by atoms with E-state index < -0.39 is 21.3 Å². The Morgan fingerprint density at radius 2 is 1.62 bits per heavy atom. The topological polar surface area (TPSA) is 81.4 Å². The second kappa shape index (κ2) is 6.54. The van der Waals surface area contributed by atoms with Crippen molar-refractivity contribution in [2.24, 2.45) is 14.1 Å². The molecule has 0 amide bonds. The lowest BCUT2D eigenvalue weighted by atomic mass is 10.2. The van der Waals surface area contributed by atoms with E-state index in [-0.39, 0.29) is 16.8 Å². The third kappa shape index (κ3) is 2.97. The predicted molar refractivity (Wildman–Crippen MR) is 99.5 cm³/mol. The fourth-order valence-electron chi connectivity index (χ4n) is 2.84. The average Bonchev–Trinajstić information content (AvgIpc) is 2.64. The highest BCUT2D eigenvalue weighted by Gasteiger charge is 2.22. The molecule has 0 fully saturated rings. The number of hydrogen-bond donors (Lipinski definition) is 0. The molecule has 0 saturated heterocycles. The van der Waals surface area contributed by atoms with Crippen molar-refractivity contribution < 1.29 is 8.42 Å². The van der Waals surface area contributed by atoms with Crippen LogP contribution < -0.4 is 11.2 Å². The fourth-order valence-corrected chi connectivity index (χ4v) is 4.03. The van der Waals surface area contributed by atoms with Crippen LogP contribution in [0, 0.1) is 0 Å². The molecular weight excluding hydrogens is 354 g/mol. The van der Waals surface area contributed by atoms with Gasteiger partial charge in [-0.05, 0) is 23.8 Å². The molecule has 0 N–H and O–H groups in total. The molecule has 3 rings (SSSR count). The van der Waals surface area contributed by atoms with Crippen LogP contribution in [0.15, 0.2) is 63.0 Å². The Bertz CT molecular complexity index is 1190. The molecule has 1 aromatic heterocycles. The second-order valence-electron chi connectivity index (χ2n) is 6.13. The van der Waals surface area contributed by atoms with E-state index in [0.29, 0.717) is 5.52 Å². The summed E-state index contributed by atoms with van der Waals surface area (Å²) in [5, 5.41) is 0.184. The highest BCUT2D eigenvalue weighted by molar-refractivity contribution is 7.89. The van der Waals surface area contributed by atoms with Crippen molar-refractivity contribution in [2.75, 3.05) is 7.05 Å². The normalized spacial score (nSPS) is 12.0. The maximum atomic E-state index is 12.9. The lowest BCUT2D eigenvalue weighted by Crippen LogP contribution is -2.37. The third-order valence-corrected chi connectivity index (χ3v) is 6.19. The van der Waals surface area contributed by atoms with Gasteiger partial charge in [-0.1, -0.05) is 30.3 Å². The van der Waals surface area contributed by atoms with Gasteiger partial charge in [0.25, 0.3) is 5.56 Å². The molecular formula is C18H19N3O4S. The van der Waals surface area contributed by atoms with E-state index in [4.69, 9.17) is 0 Å². The van der Waals surface area contributed by atoms with Crippen molar-refractivity contribution >= 4 is 20.9 Å². The van der Waals surface area contributed by atoms with Crippen LogP contribution in [-0.2, 0) is 30.7 Å². The molecule has 2 aromatic carbocycles. The van der Waals surface area contributed by atoms with Crippen molar-refractivity contribution in [3.8, 4) is 0 Å². The van der Waals surface area contributed by atoms with Gasteiger partial charge in [-0.25, -0.2) is 13.2 Å². The Morgan fingerprint density at radius 1 is 0.962 bits per heavy atom. The zero-order valence-corrected chi connectivity index (χ0v) is 15.5. The van der Waals surface area contributed by atoms with E-state index in [1.54, 1.807) is 7.05 Å². The molecule has 0 bridgehead atoms. The van der Waals surface area contributed by atoms with E-state index >= 15 is 0 Å². The van der Waals surface area contributed by atoms with Crippen molar-refractivity contribution in [3.05, 3.63) is 74.9 Å². The molecule has 3 aromatic rings. The first-order valence-electron chi connectivity index (χ1n) is 7.93. The quantitative estimate of drug-likeness (QED) is 0.685. The van der Waals surface area contributed by atoms with Crippen LogP contribution in [-0.4, -0.2) is 28.9 Å². The Balaban J connectivity index is 2.10. The first-order chi connectivity index (χ1) is 12.2. The molecule has 7 nitrogen and oxygen atoms in total. The summed E-state index contributed by atoms with van der Waals surface area (Å²) in [7, 11) is 0.617. The van der Waals surface area contributed by atoms with Crippen LogP contribution in [0.5, 0.6) is 0 Å². The average molecular weight is 373 g/mol. The summed E-state index contributed by atoms with van der Waals surface area (Å²) in [6.45, 7) is 0.215. The van der Waals surface area contributed by atoms with Crippen LogP contribution in [0.25, 0.3) is 10.9 Å². The molecule has 1 heterocycles. The summed E-state index contributed by atoms with van der Waals surface area (Å²) in [6.07, 6.45) is 0. The van der Waals surface area contributed by atoms with Gasteiger partial charge in [-0.2, -0.15) is 4.31 Å². The SMILES string of the molecule is CN(Cc1ccccc1)S(=O)(=O)c1ccc2c(c1)c(=O)n(C)c(=O)n2C. The lowest BCUT2D eigenvalue weighted by Gasteiger charge is -2.18. The molecule has 0 saturated carbocycles. The smallest absolute Gasteiger partial charge is 0.296 e. The van der Waals surface area contributed by atoms with Crippen LogP contribution in [0.3, 0.4) is 0 Å². The Kier molecular flexibility index (Phi) is 4.55. The van der Waals surface area contributed by atoms with Gasteiger partial charge in [-0.3, -0.25) is 13.9 Å². The van der Waals surface area contributed by atoms with E-state index in [1.807, 2.05) is 30.3 Å². The van der Waals surface area contributed by atoms with E-state index in [0.717, 1.165) is 10.1 Å². The highest BCUT2D eigenvalue weighted by atomic mass is 32.2. The number of sulfonamides is 1. The van der Waals surface area contributed by atoms with Crippen LogP contribution >= 0.6 is 0 Å². The maximum Gasteiger partial charge on any atom is 0.330 e. The van der Waals surface area contributed by atoms with Gasteiger partial charge in [0.15, 0.2) is 0 Å². The molecule has 0 aliphatic carbocycles. The number of benzene rings is 2. The number of rotatable bonds is 4. The minimum atomic E-state index is -3.78. The molecule has 8 heteroatoms. The van der Waals surface area contributed by atoms with Crippen molar-refractivity contribution in [3.63, 3.8) is 0 Å². The molecule has 0 aliphatic rings. The van der Waals surface area contributed by atoms with Crippen LogP contribution in [0.4, 0.5) is 0 Å². The number of aryl methyl sites for hydroxylation is 1. The van der Waals surface area contributed by atoms with E-state index in [9.17, 15) is 18.0 Å². The van der Waals surface area contributed by atoms with Gasteiger partial charge in [-0.15, -0.1) is 0 Å². The molecule has 136 valence electrons. The number of nitrogens with zero attached hydrogens (tertiary/aromatic N) is 3. The van der Waals surface area contributed by atoms with Crippen molar-refractivity contribution in [1.82, 2.24) is 13.4 Å². The molecule has 0 aliphatic heterocycles.